The Kier molecular flexibility index (Phi) is 3.89. The lowest BCUT2D eigenvalue weighted by Crippen LogP contribution is -2.62. The van der Waals surface area contributed by atoms with Crippen LogP contribution >= 0.6 is 0 Å². The topological polar surface area (TPSA) is 98.0 Å². The molecule has 4 aliphatic carbocycles. The molecule has 4 aliphatic rings. The summed E-state index contributed by atoms with van der Waals surface area (Å²) in [7, 11) is 0. The Labute approximate surface area is 154 Å². The van der Waals surface area contributed by atoms with E-state index in [0.717, 1.165) is 12.8 Å². The van der Waals surface area contributed by atoms with Crippen molar-refractivity contribution in [1.82, 2.24) is 0 Å². The minimum atomic E-state index is -1.34. The quantitative estimate of drug-likeness (QED) is 0.528. The molecule has 0 heterocycles. The highest BCUT2D eigenvalue weighted by atomic mass is 16.3. The average Bonchev–Trinajstić information content (AvgIpc) is 2.87. The van der Waals surface area contributed by atoms with Crippen LogP contribution in [0, 0.1) is 28.6 Å². The molecule has 4 N–H and O–H groups in total. The first kappa shape index (κ1) is 18.4. The molecule has 9 atom stereocenters. The molecule has 26 heavy (non-hydrogen) atoms. The molecule has 144 valence electrons. The van der Waals surface area contributed by atoms with Crippen molar-refractivity contribution < 1.29 is 25.2 Å². The number of hydrogen-bond acceptors (Lipinski definition) is 5. The summed E-state index contributed by atoms with van der Waals surface area (Å²) in [4.78, 5) is 12.3. The van der Waals surface area contributed by atoms with Crippen LogP contribution in [0.3, 0.4) is 0 Å². The molecule has 0 unspecified atom stereocenters. The standard InChI is InChI=1S/C21H30O5/c1-11(22)21(26)9-6-14-16-13(5-8-20(14,21)3)19(2)7-4-12(23)10-15(19)17(24)18(16)25/h4,7,10,12-14,16-18,23-26H,5-6,8-9H2,1-3H3/t12-,13-,14-,16+,17+,18+,19+,20-,21-/m0/s1. The van der Waals surface area contributed by atoms with Gasteiger partial charge in [0.1, 0.15) is 11.7 Å². The van der Waals surface area contributed by atoms with E-state index in [0.29, 0.717) is 18.4 Å². The number of carbonyl (C=O) groups is 1. The zero-order chi connectivity index (χ0) is 19.1. The molecule has 0 radical (unpaired) electrons. The molecule has 0 spiro atoms. The summed E-state index contributed by atoms with van der Waals surface area (Å²) in [5.74, 6) is -0.278. The molecule has 0 aromatic heterocycles. The summed E-state index contributed by atoms with van der Waals surface area (Å²) in [6.45, 7) is 5.51. The first-order valence-electron chi connectivity index (χ1n) is 9.75. The average molecular weight is 362 g/mol. The fraction of sp³-hybridized carbons (Fsp3) is 0.762. The molecule has 5 nitrogen and oxygen atoms in total. The molecular weight excluding hydrogens is 332 g/mol. The van der Waals surface area contributed by atoms with Crippen LogP contribution in [0.15, 0.2) is 23.8 Å². The van der Waals surface area contributed by atoms with Crippen molar-refractivity contribution in [1.29, 1.82) is 0 Å². The number of hydrogen-bond donors (Lipinski definition) is 4. The van der Waals surface area contributed by atoms with Gasteiger partial charge in [0.15, 0.2) is 5.78 Å². The predicted molar refractivity (Wildman–Crippen MR) is 96.0 cm³/mol. The summed E-state index contributed by atoms with van der Waals surface area (Å²) >= 11 is 0. The summed E-state index contributed by atoms with van der Waals surface area (Å²) in [5, 5.41) is 43.0. The van der Waals surface area contributed by atoms with E-state index < -0.39 is 34.7 Å². The Bertz CT molecular complexity index is 699. The maximum Gasteiger partial charge on any atom is 0.161 e. The van der Waals surface area contributed by atoms with Crippen molar-refractivity contribution >= 4 is 5.78 Å². The van der Waals surface area contributed by atoms with E-state index in [1.165, 1.54) is 6.92 Å². The lowest BCUT2D eigenvalue weighted by molar-refractivity contribution is -0.175. The van der Waals surface area contributed by atoms with Crippen LogP contribution in [0.4, 0.5) is 0 Å². The molecule has 0 aromatic rings. The highest BCUT2D eigenvalue weighted by Crippen LogP contribution is 2.67. The van der Waals surface area contributed by atoms with Gasteiger partial charge >= 0.3 is 0 Å². The van der Waals surface area contributed by atoms with Crippen molar-refractivity contribution in [2.24, 2.45) is 28.6 Å². The summed E-state index contributed by atoms with van der Waals surface area (Å²) in [6, 6.07) is 0. The number of carbonyl (C=O) groups excluding carboxylic acids is 1. The Balaban J connectivity index is 1.78. The van der Waals surface area contributed by atoms with Gasteiger partial charge in [-0.25, -0.2) is 0 Å². The number of fused-ring (bicyclic) bond motifs is 5. The van der Waals surface area contributed by atoms with E-state index in [4.69, 9.17) is 0 Å². The minimum Gasteiger partial charge on any atom is -0.390 e. The first-order valence-corrected chi connectivity index (χ1v) is 9.75. The van der Waals surface area contributed by atoms with E-state index in [2.05, 4.69) is 6.92 Å². The van der Waals surface area contributed by atoms with Gasteiger partial charge in [0, 0.05) is 10.8 Å². The zero-order valence-corrected chi connectivity index (χ0v) is 15.7. The number of ketones is 1. The Morgan fingerprint density at radius 3 is 2.42 bits per heavy atom. The van der Waals surface area contributed by atoms with E-state index in [9.17, 15) is 25.2 Å². The van der Waals surface area contributed by atoms with Gasteiger partial charge in [-0.05, 0) is 62.0 Å². The van der Waals surface area contributed by atoms with Gasteiger partial charge in [-0.2, -0.15) is 0 Å². The fourth-order valence-electron chi connectivity index (χ4n) is 6.93. The van der Waals surface area contributed by atoms with Gasteiger partial charge in [0.2, 0.25) is 0 Å². The van der Waals surface area contributed by atoms with Gasteiger partial charge < -0.3 is 20.4 Å². The van der Waals surface area contributed by atoms with Gasteiger partial charge in [0.25, 0.3) is 0 Å². The van der Waals surface area contributed by atoms with E-state index in [1.54, 1.807) is 12.2 Å². The van der Waals surface area contributed by atoms with Crippen LogP contribution in [0.25, 0.3) is 0 Å². The predicted octanol–water partition coefficient (Wildman–Crippen LogP) is 1.35. The van der Waals surface area contributed by atoms with Crippen LogP contribution in [0.5, 0.6) is 0 Å². The largest absolute Gasteiger partial charge is 0.390 e. The molecule has 3 fully saturated rings. The third kappa shape index (κ3) is 2.03. The van der Waals surface area contributed by atoms with Gasteiger partial charge in [0.05, 0.1) is 12.2 Å². The summed E-state index contributed by atoms with van der Waals surface area (Å²) in [5.41, 5.74) is -1.63. The second-order valence-corrected chi connectivity index (χ2v) is 9.39. The molecule has 5 heteroatoms. The van der Waals surface area contributed by atoms with E-state index in [-0.39, 0.29) is 23.5 Å². The highest BCUT2D eigenvalue weighted by Gasteiger charge is 2.67. The lowest BCUT2D eigenvalue weighted by atomic mass is 9.46. The molecular formula is C21H30O5. The van der Waals surface area contributed by atoms with Crippen LogP contribution in [0.1, 0.15) is 46.5 Å². The number of Topliss-reactive ketones (excluding diaryl/α,β-unsaturated/α-hetero) is 1. The highest BCUT2D eigenvalue weighted by molar-refractivity contribution is 5.86. The molecule has 4 rings (SSSR count). The maximum atomic E-state index is 12.3. The lowest BCUT2D eigenvalue weighted by Gasteiger charge is -2.60. The van der Waals surface area contributed by atoms with Gasteiger partial charge in [-0.1, -0.05) is 26.0 Å². The number of aliphatic hydroxyl groups is 4. The molecule has 0 saturated heterocycles. The zero-order valence-electron chi connectivity index (χ0n) is 15.7. The third-order valence-corrected chi connectivity index (χ3v) is 8.49. The monoisotopic (exact) mass is 362 g/mol. The Morgan fingerprint density at radius 2 is 1.77 bits per heavy atom. The number of rotatable bonds is 1. The molecule has 0 aromatic carbocycles. The second-order valence-electron chi connectivity index (χ2n) is 9.39. The first-order chi connectivity index (χ1) is 12.1. The maximum absolute atomic E-state index is 12.3. The van der Waals surface area contributed by atoms with Gasteiger partial charge in [-0.3, -0.25) is 4.79 Å². The van der Waals surface area contributed by atoms with Gasteiger partial charge in [-0.15, -0.1) is 0 Å². The molecule has 0 aliphatic heterocycles. The van der Waals surface area contributed by atoms with Crippen LogP contribution in [-0.2, 0) is 4.79 Å². The summed E-state index contributed by atoms with van der Waals surface area (Å²) < 4.78 is 0. The fourth-order valence-corrected chi connectivity index (χ4v) is 6.93. The van der Waals surface area contributed by atoms with Crippen molar-refractivity contribution in [2.45, 2.75) is 70.4 Å². The third-order valence-electron chi connectivity index (χ3n) is 8.49. The number of allylic oxidation sites excluding steroid dienone is 1. The minimum absolute atomic E-state index is 0.0153. The van der Waals surface area contributed by atoms with Crippen molar-refractivity contribution in [3.8, 4) is 0 Å². The normalized spacial score (nSPS) is 55.6. The van der Waals surface area contributed by atoms with Crippen molar-refractivity contribution in [2.75, 3.05) is 0 Å². The summed E-state index contributed by atoms with van der Waals surface area (Å²) in [6.07, 6.45) is 5.27. The van der Waals surface area contributed by atoms with Crippen LogP contribution < -0.4 is 0 Å². The van der Waals surface area contributed by atoms with E-state index >= 15 is 0 Å². The molecule has 0 amide bonds. The van der Waals surface area contributed by atoms with Crippen molar-refractivity contribution in [3.05, 3.63) is 23.8 Å². The van der Waals surface area contributed by atoms with Crippen molar-refractivity contribution in [3.63, 3.8) is 0 Å². The van der Waals surface area contributed by atoms with Crippen LogP contribution in [-0.4, -0.2) is 50.1 Å². The number of aliphatic hydroxyl groups excluding tert-OH is 3. The SMILES string of the molecule is CC(=O)[C@@]1(O)CC[C@H]2[C@@H]3[C@@H](O)[C@H](O)C4=C[C@@H](O)C=C[C@]4(C)[C@H]3CC[C@@]21C. The second kappa shape index (κ2) is 5.51. The molecule has 3 saturated carbocycles. The smallest absolute Gasteiger partial charge is 0.161 e. The van der Waals surface area contributed by atoms with Crippen LogP contribution in [0.2, 0.25) is 0 Å². The molecule has 0 bridgehead atoms. The van der Waals surface area contributed by atoms with E-state index in [1.807, 2.05) is 13.0 Å². The Morgan fingerprint density at radius 1 is 1.12 bits per heavy atom. The Hall–Kier alpha value is -1.01.